The van der Waals surface area contributed by atoms with Crippen molar-refractivity contribution < 1.29 is 5.11 Å². The maximum absolute atomic E-state index is 9.29. The molecule has 0 spiro atoms. The Morgan fingerprint density at radius 3 is 2.79 bits per heavy atom. The molecule has 7 heteroatoms. The van der Waals surface area contributed by atoms with Crippen LogP contribution in [-0.2, 0) is 0 Å². The van der Waals surface area contributed by atoms with Gasteiger partial charge in [0.1, 0.15) is 5.75 Å². The van der Waals surface area contributed by atoms with Gasteiger partial charge in [-0.15, -0.1) is 5.10 Å². The van der Waals surface area contributed by atoms with E-state index in [9.17, 15) is 5.11 Å². The zero-order valence-electron chi connectivity index (χ0n) is 10.4. The highest BCUT2D eigenvalue weighted by atomic mass is 32.2. The van der Waals surface area contributed by atoms with Crippen LogP contribution in [0.25, 0.3) is 5.69 Å². The van der Waals surface area contributed by atoms with Crippen LogP contribution in [0.4, 0.5) is 0 Å². The molecule has 1 aliphatic heterocycles. The summed E-state index contributed by atoms with van der Waals surface area (Å²) in [5, 5.41) is 25.1. The molecule has 1 saturated heterocycles. The third-order valence-corrected chi connectivity index (χ3v) is 4.11. The number of aromatic nitrogens is 4. The maximum atomic E-state index is 9.29. The van der Waals surface area contributed by atoms with Gasteiger partial charge in [-0.3, -0.25) is 0 Å². The molecule has 0 saturated carbocycles. The molecule has 0 radical (unpaired) electrons. The molecule has 2 heterocycles. The van der Waals surface area contributed by atoms with Crippen LogP contribution < -0.4 is 5.32 Å². The van der Waals surface area contributed by atoms with Gasteiger partial charge in [-0.05, 0) is 60.1 Å². The summed E-state index contributed by atoms with van der Waals surface area (Å²) < 4.78 is 1.70. The van der Waals surface area contributed by atoms with Crippen LogP contribution in [0.1, 0.15) is 6.42 Å². The van der Waals surface area contributed by atoms with Crippen LogP contribution in [0.15, 0.2) is 29.4 Å². The average molecular weight is 277 g/mol. The molecule has 0 bridgehead atoms. The van der Waals surface area contributed by atoms with E-state index in [0.29, 0.717) is 0 Å². The topological polar surface area (TPSA) is 75.9 Å². The van der Waals surface area contributed by atoms with Crippen LogP contribution in [0.5, 0.6) is 5.75 Å². The zero-order chi connectivity index (χ0) is 13.1. The fourth-order valence-corrected chi connectivity index (χ4v) is 2.89. The summed E-state index contributed by atoms with van der Waals surface area (Å²) in [5.41, 5.74) is 0.857. The first kappa shape index (κ1) is 12.4. The van der Waals surface area contributed by atoms with Crippen LogP contribution in [0, 0.1) is 5.92 Å². The van der Waals surface area contributed by atoms with Gasteiger partial charge >= 0.3 is 0 Å². The highest BCUT2D eigenvalue weighted by Gasteiger charge is 2.17. The molecule has 6 nitrogen and oxygen atoms in total. The Balaban J connectivity index is 1.65. The second kappa shape index (κ2) is 5.58. The van der Waals surface area contributed by atoms with Gasteiger partial charge in [0.2, 0.25) is 5.16 Å². The minimum absolute atomic E-state index is 0.239. The monoisotopic (exact) mass is 277 g/mol. The summed E-state index contributed by atoms with van der Waals surface area (Å²) >= 11 is 1.67. The Kier molecular flexibility index (Phi) is 3.65. The van der Waals surface area contributed by atoms with E-state index in [1.165, 1.54) is 6.42 Å². The molecule has 1 aromatic heterocycles. The number of rotatable bonds is 5. The lowest BCUT2D eigenvalue weighted by Crippen LogP contribution is -2.42. The summed E-state index contributed by atoms with van der Waals surface area (Å²) in [7, 11) is 0. The molecule has 1 aromatic carbocycles. The second-order valence-electron chi connectivity index (χ2n) is 4.55. The van der Waals surface area contributed by atoms with Crippen molar-refractivity contribution in [1.82, 2.24) is 25.5 Å². The van der Waals surface area contributed by atoms with E-state index < -0.39 is 0 Å². The molecule has 0 amide bonds. The SMILES string of the molecule is Oc1ccc(-n2nnnc2SCCC2CNC2)cc1. The number of hydrogen-bond acceptors (Lipinski definition) is 6. The minimum atomic E-state index is 0.239. The Bertz CT molecular complexity index is 537. The number of benzene rings is 1. The Labute approximate surface area is 115 Å². The van der Waals surface area contributed by atoms with Crippen molar-refractivity contribution in [1.29, 1.82) is 0 Å². The molecular weight excluding hydrogens is 262 g/mol. The lowest BCUT2D eigenvalue weighted by molar-refractivity contribution is 0.341. The molecule has 1 fully saturated rings. The smallest absolute Gasteiger partial charge is 0.214 e. The van der Waals surface area contributed by atoms with Gasteiger partial charge in [0, 0.05) is 5.75 Å². The molecule has 19 heavy (non-hydrogen) atoms. The number of nitrogens with zero attached hydrogens (tertiary/aromatic N) is 4. The van der Waals surface area contributed by atoms with Gasteiger partial charge < -0.3 is 10.4 Å². The van der Waals surface area contributed by atoms with Gasteiger partial charge in [-0.1, -0.05) is 11.8 Å². The number of phenols is 1. The Morgan fingerprint density at radius 2 is 2.11 bits per heavy atom. The highest BCUT2D eigenvalue weighted by Crippen LogP contribution is 2.22. The van der Waals surface area contributed by atoms with Gasteiger partial charge in [0.15, 0.2) is 0 Å². The third kappa shape index (κ3) is 2.87. The number of aromatic hydroxyl groups is 1. The summed E-state index contributed by atoms with van der Waals surface area (Å²) in [6.45, 7) is 2.26. The van der Waals surface area contributed by atoms with Crippen LogP contribution in [-0.4, -0.2) is 44.2 Å². The van der Waals surface area contributed by atoms with Crippen molar-refractivity contribution >= 4 is 11.8 Å². The molecular formula is C12H15N5OS. The fourth-order valence-electron chi connectivity index (χ4n) is 1.89. The van der Waals surface area contributed by atoms with Crippen molar-refractivity contribution in [2.24, 2.45) is 5.92 Å². The van der Waals surface area contributed by atoms with Gasteiger partial charge in [0.25, 0.3) is 0 Å². The molecule has 2 aromatic rings. The van der Waals surface area contributed by atoms with Crippen molar-refractivity contribution in [2.45, 2.75) is 11.6 Å². The maximum Gasteiger partial charge on any atom is 0.214 e. The summed E-state index contributed by atoms with van der Waals surface area (Å²) in [5.74, 6) is 2.05. The van der Waals surface area contributed by atoms with Crippen molar-refractivity contribution in [2.75, 3.05) is 18.8 Å². The van der Waals surface area contributed by atoms with Gasteiger partial charge in [-0.25, -0.2) is 0 Å². The Morgan fingerprint density at radius 1 is 1.32 bits per heavy atom. The largest absolute Gasteiger partial charge is 0.508 e. The average Bonchev–Trinajstić information content (AvgIpc) is 2.82. The van der Waals surface area contributed by atoms with E-state index in [0.717, 1.165) is 35.6 Å². The molecule has 0 aliphatic carbocycles. The van der Waals surface area contributed by atoms with E-state index >= 15 is 0 Å². The number of phenolic OH excluding ortho intramolecular Hbond substituents is 1. The van der Waals surface area contributed by atoms with E-state index in [1.54, 1.807) is 40.7 Å². The first-order valence-electron chi connectivity index (χ1n) is 6.24. The van der Waals surface area contributed by atoms with E-state index in [1.807, 2.05) is 0 Å². The van der Waals surface area contributed by atoms with Crippen molar-refractivity contribution in [3.05, 3.63) is 24.3 Å². The quantitative estimate of drug-likeness (QED) is 0.796. The zero-order valence-corrected chi connectivity index (χ0v) is 11.2. The molecule has 1 aliphatic rings. The summed E-state index contributed by atoms with van der Waals surface area (Å²) in [6, 6.07) is 6.86. The predicted molar refractivity (Wildman–Crippen MR) is 72.5 cm³/mol. The van der Waals surface area contributed by atoms with Crippen molar-refractivity contribution in [3.8, 4) is 11.4 Å². The molecule has 100 valence electrons. The fraction of sp³-hybridized carbons (Fsp3) is 0.417. The number of thioether (sulfide) groups is 1. The van der Waals surface area contributed by atoms with Crippen LogP contribution >= 0.6 is 11.8 Å². The van der Waals surface area contributed by atoms with Crippen LogP contribution in [0.3, 0.4) is 0 Å². The normalized spacial score (nSPS) is 15.4. The first-order chi connectivity index (χ1) is 9.33. The standard InChI is InChI=1S/C12H15N5OS/c18-11-3-1-10(2-4-11)17-12(14-15-16-17)19-6-5-9-7-13-8-9/h1-4,9,13,18H,5-8H2. The van der Waals surface area contributed by atoms with Gasteiger partial charge in [-0.2, -0.15) is 4.68 Å². The lowest BCUT2D eigenvalue weighted by Gasteiger charge is -2.26. The molecule has 3 rings (SSSR count). The Hall–Kier alpha value is -1.60. The second-order valence-corrected chi connectivity index (χ2v) is 5.61. The lowest BCUT2D eigenvalue weighted by atomic mass is 10.0. The number of tetrazole rings is 1. The number of hydrogen-bond donors (Lipinski definition) is 2. The minimum Gasteiger partial charge on any atom is -0.508 e. The first-order valence-corrected chi connectivity index (χ1v) is 7.23. The third-order valence-electron chi connectivity index (χ3n) is 3.16. The number of nitrogens with one attached hydrogen (secondary N) is 1. The predicted octanol–water partition coefficient (Wildman–Crippen LogP) is 1.07. The van der Waals surface area contributed by atoms with Gasteiger partial charge in [0.05, 0.1) is 5.69 Å². The highest BCUT2D eigenvalue weighted by molar-refractivity contribution is 7.99. The van der Waals surface area contributed by atoms with E-state index in [4.69, 9.17) is 0 Å². The van der Waals surface area contributed by atoms with Crippen LogP contribution in [0.2, 0.25) is 0 Å². The molecule has 2 N–H and O–H groups in total. The summed E-state index contributed by atoms with van der Waals surface area (Å²) in [4.78, 5) is 0. The molecule has 0 atom stereocenters. The summed E-state index contributed by atoms with van der Waals surface area (Å²) in [6.07, 6.45) is 1.18. The van der Waals surface area contributed by atoms with E-state index in [-0.39, 0.29) is 5.75 Å². The van der Waals surface area contributed by atoms with Crippen molar-refractivity contribution in [3.63, 3.8) is 0 Å². The molecule has 0 unspecified atom stereocenters. The van der Waals surface area contributed by atoms with E-state index in [2.05, 4.69) is 20.8 Å².